The number of hydrogen-bond donors (Lipinski definition) is 0. The molecule has 0 aromatic carbocycles. The van der Waals surface area contributed by atoms with Gasteiger partial charge in [-0.15, -0.1) is 0 Å². The molecule has 1 atom stereocenters. The average Bonchev–Trinajstić information content (AvgIpc) is 2.90. The maximum absolute atomic E-state index is 12.9. The number of carbonyl (C=O) groups is 2. The molecule has 2 heterocycles. The summed E-state index contributed by atoms with van der Waals surface area (Å²) < 4.78 is 5.61. The van der Waals surface area contributed by atoms with Crippen molar-refractivity contribution in [3.05, 3.63) is 23.7 Å². The van der Waals surface area contributed by atoms with E-state index in [4.69, 9.17) is 4.42 Å². The number of hydrogen-bond acceptors (Lipinski definition) is 4. The summed E-state index contributed by atoms with van der Waals surface area (Å²) >= 11 is 0. The Morgan fingerprint density at radius 1 is 1.35 bits per heavy atom. The second kappa shape index (κ2) is 7.64. The van der Waals surface area contributed by atoms with Crippen molar-refractivity contribution in [2.75, 3.05) is 40.8 Å². The van der Waals surface area contributed by atoms with Crippen LogP contribution in [-0.2, 0) is 16.1 Å². The molecule has 1 aliphatic rings. The van der Waals surface area contributed by atoms with E-state index in [1.807, 2.05) is 43.0 Å². The van der Waals surface area contributed by atoms with E-state index in [9.17, 15) is 9.59 Å². The highest BCUT2D eigenvalue weighted by atomic mass is 16.3. The summed E-state index contributed by atoms with van der Waals surface area (Å²) in [5.41, 5.74) is 0. The van der Waals surface area contributed by atoms with Gasteiger partial charge in [0, 0.05) is 39.0 Å². The Bertz CT molecular complexity index is 553. The Morgan fingerprint density at radius 3 is 2.65 bits per heavy atom. The fraction of sp³-hybridized carbons (Fsp3) is 0.647. The van der Waals surface area contributed by atoms with E-state index in [0.717, 1.165) is 24.5 Å². The number of rotatable bonds is 6. The van der Waals surface area contributed by atoms with Crippen LogP contribution in [0.15, 0.2) is 16.5 Å². The molecule has 0 bridgehead atoms. The first-order valence-corrected chi connectivity index (χ1v) is 8.09. The van der Waals surface area contributed by atoms with Crippen LogP contribution < -0.4 is 0 Å². The standard InChI is InChI=1S/C17H27N3O3/c1-13-5-6-15(23-13)12-20(10-9-18(2)3)17(22)14-7-8-19(4)16(21)11-14/h5-6,14H,7-12H2,1-4H3/t14-/m1/s1. The molecule has 0 unspecified atom stereocenters. The van der Waals surface area contributed by atoms with Crippen molar-refractivity contribution in [1.29, 1.82) is 0 Å². The van der Waals surface area contributed by atoms with Crippen molar-refractivity contribution in [3.63, 3.8) is 0 Å². The van der Waals surface area contributed by atoms with Crippen LogP contribution in [0.25, 0.3) is 0 Å². The monoisotopic (exact) mass is 321 g/mol. The predicted molar refractivity (Wildman–Crippen MR) is 87.8 cm³/mol. The van der Waals surface area contributed by atoms with Crippen molar-refractivity contribution < 1.29 is 14.0 Å². The van der Waals surface area contributed by atoms with Gasteiger partial charge in [-0.3, -0.25) is 9.59 Å². The fourth-order valence-corrected chi connectivity index (χ4v) is 2.76. The van der Waals surface area contributed by atoms with Crippen molar-refractivity contribution in [1.82, 2.24) is 14.7 Å². The Labute approximate surface area is 138 Å². The van der Waals surface area contributed by atoms with Gasteiger partial charge in [0.25, 0.3) is 0 Å². The predicted octanol–water partition coefficient (Wildman–Crippen LogP) is 1.35. The number of likely N-dealkylation sites (N-methyl/N-ethyl adjacent to an activating group) is 1. The number of piperidine rings is 1. The minimum Gasteiger partial charge on any atom is -0.464 e. The van der Waals surface area contributed by atoms with Crippen LogP contribution in [0.4, 0.5) is 0 Å². The second-order valence-corrected chi connectivity index (χ2v) is 6.58. The summed E-state index contributed by atoms with van der Waals surface area (Å²) in [5, 5.41) is 0. The van der Waals surface area contributed by atoms with Gasteiger partial charge in [0.15, 0.2) is 0 Å². The summed E-state index contributed by atoms with van der Waals surface area (Å²) in [7, 11) is 5.76. The lowest BCUT2D eigenvalue weighted by Gasteiger charge is -2.32. The number of carbonyl (C=O) groups excluding carboxylic acids is 2. The van der Waals surface area contributed by atoms with Crippen LogP contribution in [0, 0.1) is 12.8 Å². The number of nitrogens with zero attached hydrogens (tertiary/aromatic N) is 3. The number of aryl methyl sites for hydroxylation is 1. The van der Waals surface area contributed by atoms with Crippen LogP contribution in [0.5, 0.6) is 0 Å². The summed E-state index contributed by atoms with van der Waals surface area (Å²) in [6, 6.07) is 3.81. The van der Waals surface area contributed by atoms with E-state index in [-0.39, 0.29) is 17.7 Å². The largest absolute Gasteiger partial charge is 0.464 e. The number of furan rings is 1. The minimum absolute atomic E-state index is 0.0519. The molecule has 2 rings (SSSR count). The summed E-state index contributed by atoms with van der Waals surface area (Å²) in [5.74, 6) is 1.53. The zero-order valence-electron chi connectivity index (χ0n) is 14.5. The van der Waals surface area contributed by atoms with Crippen molar-refractivity contribution in [2.24, 2.45) is 5.92 Å². The molecule has 2 amide bonds. The van der Waals surface area contributed by atoms with Crippen LogP contribution in [0.2, 0.25) is 0 Å². The first-order chi connectivity index (χ1) is 10.9. The maximum Gasteiger partial charge on any atom is 0.226 e. The minimum atomic E-state index is -0.211. The SMILES string of the molecule is Cc1ccc(CN(CCN(C)C)C(=O)[C@@H]2CCN(C)C(=O)C2)o1. The fourth-order valence-electron chi connectivity index (χ4n) is 2.76. The molecule has 0 spiro atoms. The van der Waals surface area contributed by atoms with Gasteiger partial charge in [0.05, 0.1) is 6.54 Å². The molecule has 128 valence electrons. The van der Waals surface area contributed by atoms with Gasteiger partial charge in [-0.2, -0.15) is 0 Å². The Morgan fingerprint density at radius 2 is 2.09 bits per heavy atom. The van der Waals surface area contributed by atoms with Crippen LogP contribution in [-0.4, -0.2) is 67.3 Å². The summed E-state index contributed by atoms with van der Waals surface area (Å²) in [4.78, 5) is 30.3. The van der Waals surface area contributed by atoms with E-state index in [0.29, 0.717) is 26.1 Å². The molecular weight excluding hydrogens is 294 g/mol. The number of amides is 2. The van der Waals surface area contributed by atoms with E-state index < -0.39 is 0 Å². The molecule has 1 aromatic rings. The summed E-state index contributed by atoms with van der Waals surface area (Å²) in [6.07, 6.45) is 1.04. The Balaban J connectivity index is 2.05. The quantitative estimate of drug-likeness (QED) is 0.793. The molecule has 1 fully saturated rings. The van der Waals surface area contributed by atoms with Gasteiger partial charge in [-0.1, -0.05) is 0 Å². The molecular formula is C17H27N3O3. The molecule has 1 aromatic heterocycles. The second-order valence-electron chi connectivity index (χ2n) is 6.58. The van der Waals surface area contributed by atoms with Gasteiger partial charge in [0.1, 0.15) is 11.5 Å². The zero-order valence-corrected chi connectivity index (χ0v) is 14.5. The smallest absolute Gasteiger partial charge is 0.226 e. The van der Waals surface area contributed by atoms with E-state index >= 15 is 0 Å². The lowest BCUT2D eigenvalue weighted by molar-refractivity contribution is -0.145. The Hall–Kier alpha value is -1.82. The molecule has 1 saturated heterocycles. The Kier molecular flexibility index (Phi) is 5.82. The van der Waals surface area contributed by atoms with E-state index in [2.05, 4.69) is 0 Å². The maximum atomic E-state index is 12.9. The third-order valence-corrected chi connectivity index (χ3v) is 4.28. The molecule has 0 N–H and O–H groups in total. The normalized spacial score (nSPS) is 18.6. The lowest BCUT2D eigenvalue weighted by atomic mass is 9.95. The first-order valence-electron chi connectivity index (χ1n) is 8.09. The molecule has 1 aliphatic heterocycles. The average molecular weight is 321 g/mol. The third-order valence-electron chi connectivity index (χ3n) is 4.28. The molecule has 0 radical (unpaired) electrons. The van der Waals surface area contributed by atoms with Gasteiger partial charge in [-0.25, -0.2) is 0 Å². The summed E-state index contributed by atoms with van der Waals surface area (Å²) in [6.45, 7) is 4.42. The van der Waals surface area contributed by atoms with Gasteiger partial charge in [-0.05, 0) is 39.6 Å². The molecule has 0 saturated carbocycles. The highest BCUT2D eigenvalue weighted by Crippen LogP contribution is 2.21. The van der Waals surface area contributed by atoms with Crippen molar-refractivity contribution in [2.45, 2.75) is 26.3 Å². The first kappa shape index (κ1) is 17.5. The zero-order chi connectivity index (χ0) is 17.0. The van der Waals surface area contributed by atoms with E-state index in [1.54, 1.807) is 11.9 Å². The highest BCUT2D eigenvalue weighted by molar-refractivity contribution is 5.86. The van der Waals surface area contributed by atoms with Crippen LogP contribution in [0.1, 0.15) is 24.4 Å². The third kappa shape index (κ3) is 4.82. The number of likely N-dealkylation sites (tertiary alicyclic amines) is 1. The highest BCUT2D eigenvalue weighted by Gasteiger charge is 2.31. The van der Waals surface area contributed by atoms with Gasteiger partial charge in [0.2, 0.25) is 11.8 Å². The van der Waals surface area contributed by atoms with E-state index in [1.165, 1.54) is 0 Å². The van der Waals surface area contributed by atoms with Crippen molar-refractivity contribution >= 4 is 11.8 Å². The van der Waals surface area contributed by atoms with Crippen LogP contribution >= 0.6 is 0 Å². The molecule has 23 heavy (non-hydrogen) atoms. The molecule has 0 aliphatic carbocycles. The van der Waals surface area contributed by atoms with Crippen molar-refractivity contribution in [3.8, 4) is 0 Å². The molecule has 6 nitrogen and oxygen atoms in total. The van der Waals surface area contributed by atoms with Gasteiger partial charge < -0.3 is 19.1 Å². The van der Waals surface area contributed by atoms with Gasteiger partial charge >= 0.3 is 0 Å². The topological polar surface area (TPSA) is 57.0 Å². The van der Waals surface area contributed by atoms with Crippen LogP contribution in [0.3, 0.4) is 0 Å². The molecule has 6 heteroatoms. The lowest BCUT2D eigenvalue weighted by Crippen LogP contribution is -2.45.